The van der Waals surface area contributed by atoms with Crippen molar-refractivity contribution >= 4 is 40.1 Å². The quantitative estimate of drug-likeness (QED) is 0.354. The maximum Gasteiger partial charge on any atom is 0.252 e. The summed E-state index contributed by atoms with van der Waals surface area (Å²) in [6.45, 7) is 0.429. The Labute approximate surface area is 192 Å². The van der Waals surface area contributed by atoms with Crippen LogP contribution in [0, 0.1) is 0 Å². The Hall–Kier alpha value is -3.91. The van der Waals surface area contributed by atoms with Crippen LogP contribution in [0.3, 0.4) is 0 Å². The highest BCUT2D eigenvalue weighted by Gasteiger charge is 2.23. The van der Waals surface area contributed by atoms with Crippen LogP contribution in [0.5, 0.6) is 0 Å². The van der Waals surface area contributed by atoms with Gasteiger partial charge in [0.15, 0.2) is 0 Å². The number of aromatic amines is 1. The first kappa shape index (κ1) is 21.0. The van der Waals surface area contributed by atoms with Gasteiger partial charge in [-0.15, -0.1) is 0 Å². The fourth-order valence-corrected chi connectivity index (χ4v) is 3.50. The fraction of sp³-hybridized carbons (Fsp3) is 0.240. The Morgan fingerprint density at radius 3 is 2.64 bits per heavy atom. The van der Waals surface area contributed by atoms with E-state index in [1.807, 2.05) is 66.9 Å². The number of fused-ring (bicyclic) bond motifs is 1. The van der Waals surface area contributed by atoms with Crippen LogP contribution in [-0.2, 0) is 16.1 Å². The van der Waals surface area contributed by atoms with Crippen molar-refractivity contribution in [2.45, 2.75) is 25.5 Å². The van der Waals surface area contributed by atoms with Gasteiger partial charge >= 0.3 is 0 Å². The highest BCUT2D eigenvalue weighted by atomic mass is 16.5. The Bertz CT molecular complexity index is 1230. The van der Waals surface area contributed by atoms with Gasteiger partial charge in [0, 0.05) is 30.7 Å². The van der Waals surface area contributed by atoms with Crippen molar-refractivity contribution in [1.82, 2.24) is 15.0 Å². The molecule has 0 aliphatic heterocycles. The van der Waals surface area contributed by atoms with Crippen molar-refractivity contribution in [2.24, 2.45) is 0 Å². The minimum absolute atomic E-state index is 0.0200. The third-order valence-corrected chi connectivity index (χ3v) is 5.56. The van der Waals surface area contributed by atoms with E-state index in [2.05, 4.69) is 25.6 Å². The molecule has 1 aliphatic carbocycles. The topological polar surface area (TPSA) is 95.2 Å². The summed E-state index contributed by atoms with van der Waals surface area (Å²) in [5.41, 5.74) is 3.45. The number of H-pyrrole nitrogens is 1. The van der Waals surface area contributed by atoms with Crippen molar-refractivity contribution in [2.75, 3.05) is 29.2 Å². The second kappa shape index (κ2) is 9.30. The van der Waals surface area contributed by atoms with Crippen LogP contribution in [0.15, 0.2) is 66.9 Å². The van der Waals surface area contributed by atoms with Gasteiger partial charge in [0.2, 0.25) is 5.95 Å². The maximum atomic E-state index is 12.5. The number of benzene rings is 2. The number of anilines is 4. The van der Waals surface area contributed by atoms with Gasteiger partial charge in [0.25, 0.3) is 5.91 Å². The minimum atomic E-state index is -0.108. The van der Waals surface area contributed by atoms with E-state index in [-0.39, 0.29) is 12.5 Å². The first-order valence-corrected chi connectivity index (χ1v) is 11.0. The summed E-state index contributed by atoms with van der Waals surface area (Å²) in [4.78, 5) is 26.5. The van der Waals surface area contributed by atoms with Crippen LogP contribution in [0.1, 0.15) is 18.4 Å². The number of hydrogen-bond donors (Lipinski definition) is 3. The number of aromatic nitrogens is 3. The molecule has 2 aromatic carbocycles. The van der Waals surface area contributed by atoms with Crippen molar-refractivity contribution in [3.8, 4) is 0 Å². The summed E-state index contributed by atoms with van der Waals surface area (Å²) < 4.78 is 5.57. The highest BCUT2D eigenvalue weighted by Crippen LogP contribution is 2.29. The summed E-state index contributed by atoms with van der Waals surface area (Å²) in [7, 11) is 1.74. The molecule has 4 aromatic rings. The monoisotopic (exact) mass is 442 g/mol. The van der Waals surface area contributed by atoms with E-state index in [4.69, 9.17) is 4.74 Å². The number of ether oxygens (including phenoxy) is 1. The number of likely N-dealkylation sites (N-methyl/N-ethyl adjacent to an activating group) is 1. The maximum absolute atomic E-state index is 12.5. The lowest BCUT2D eigenvalue weighted by Crippen LogP contribution is -2.30. The van der Waals surface area contributed by atoms with Gasteiger partial charge in [0.05, 0.1) is 12.0 Å². The standard InChI is InChI=1S/C25H26N6O2/c1-31(22(32)16-33-15-17-5-3-2-4-6-17)20-11-9-19(10-12-20)28-25-29-23-21(13-14-26-23)24(30-25)27-18-7-8-18/h2-6,9-14,18H,7-8,15-16H2,1H3,(H3,26,27,28,29,30). The molecule has 0 saturated heterocycles. The second-order valence-electron chi connectivity index (χ2n) is 8.16. The van der Waals surface area contributed by atoms with Gasteiger partial charge in [-0.1, -0.05) is 30.3 Å². The highest BCUT2D eigenvalue weighted by molar-refractivity contribution is 5.94. The lowest BCUT2D eigenvalue weighted by molar-refractivity contribution is -0.123. The molecule has 1 saturated carbocycles. The van der Waals surface area contributed by atoms with Gasteiger partial charge in [-0.25, -0.2) is 0 Å². The van der Waals surface area contributed by atoms with Crippen LogP contribution in [0.25, 0.3) is 11.0 Å². The second-order valence-corrected chi connectivity index (χ2v) is 8.16. The molecule has 8 nitrogen and oxygen atoms in total. The molecule has 0 bridgehead atoms. The Balaban J connectivity index is 1.21. The van der Waals surface area contributed by atoms with E-state index >= 15 is 0 Å². The van der Waals surface area contributed by atoms with Crippen LogP contribution in [-0.4, -0.2) is 40.6 Å². The van der Waals surface area contributed by atoms with Gasteiger partial charge in [-0.2, -0.15) is 9.97 Å². The molecule has 1 amide bonds. The van der Waals surface area contributed by atoms with Gasteiger partial charge in [-0.05, 0) is 48.7 Å². The van der Waals surface area contributed by atoms with Crippen molar-refractivity contribution < 1.29 is 9.53 Å². The summed E-state index contributed by atoms with van der Waals surface area (Å²) in [6, 6.07) is 19.9. The zero-order chi connectivity index (χ0) is 22.6. The number of nitrogens with one attached hydrogen (secondary N) is 3. The summed E-state index contributed by atoms with van der Waals surface area (Å²) in [5.74, 6) is 1.24. The number of amides is 1. The molecule has 5 rings (SSSR count). The van der Waals surface area contributed by atoms with Gasteiger partial charge < -0.3 is 25.3 Å². The molecule has 0 radical (unpaired) electrons. The van der Waals surface area contributed by atoms with Gasteiger partial charge in [-0.3, -0.25) is 4.79 Å². The third-order valence-electron chi connectivity index (χ3n) is 5.56. The van der Waals surface area contributed by atoms with Crippen molar-refractivity contribution in [3.05, 3.63) is 72.4 Å². The molecule has 0 spiro atoms. The Kier molecular flexibility index (Phi) is 5.91. The summed E-state index contributed by atoms with van der Waals surface area (Å²) in [6.07, 6.45) is 4.21. The number of hydrogen-bond acceptors (Lipinski definition) is 6. The fourth-order valence-electron chi connectivity index (χ4n) is 3.50. The summed E-state index contributed by atoms with van der Waals surface area (Å²) in [5, 5.41) is 7.71. The number of carbonyl (C=O) groups is 1. The van der Waals surface area contributed by atoms with Crippen LogP contribution in [0.4, 0.5) is 23.1 Å². The zero-order valence-corrected chi connectivity index (χ0v) is 18.4. The summed E-state index contributed by atoms with van der Waals surface area (Å²) >= 11 is 0. The number of carbonyl (C=O) groups excluding carboxylic acids is 1. The van der Waals surface area contributed by atoms with Crippen molar-refractivity contribution in [1.29, 1.82) is 0 Å². The third kappa shape index (κ3) is 5.12. The predicted molar refractivity (Wildman–Crippen MR) is 130 cm³/mol. The molecular weight excluding hydrogens is 416 g/mol. The van der Waals surface area contributed by atoms with E-state index < -0.39 is 0 Å². The Morgan fingerprint density at radius 1 is 1.09 bits per heavy atom. The molecule has 1 aliphatic rings. The first-order chi connectivity index (χ1) is 16.2. The molecule has 33 heavy (non-hydrogen) atoms. The van der Waals surface area contributed by atoms with E-state index in [0.717, 1.165) is 33.8 Å². The Morgan fingerprint density at radius 2 is 1.88 bits per heavy atom. The normalized spacial score (nSPS) is 13.1. The van der Waals surface area contributed by atoms with E-state index in [9.17, 15) is 4.79 Å². The lowest BCUT2D eigenvalue weighted by Gasteiger charge is -2.18. The van der Waals surface area contributed by atoms with Crippen LogP contribution in [0.2, 0.25) is 0 Å². The molecular formula is C25H26N6O2. The van der Waals surface area contributed by atoms with Crippen molar-refractivity contribution in [3.63, 3.8) is 0 Å². The van der Waals surface area contributed by atoms with Gasteiger partial charge in [0.1, 0.15) is 18.1 Å². The molecule has 8 heteroatoms. The molecule has 0 unspecified atom stereocenters. The van der Waals surface area contributed by atoms with Crippen LogP contribution >= 0.6 is 0 Å². The molecule has 3 N–H and O–H groups in total. The molecule has 0 atom stereocenters. The molecule has 168 valence electrons. The molecule has 1 fully saturated rings. The van der Waals surface area contributed by atoms with E-state index in [0.29, 0.717) is 18.6 Å². The SMILES string of the molecule is CN(C(=O)COCc1ccccc1)c1ccc(Nc2nc(NC3CC3)c3cc[nH]c3n2)cc1. The molecule has 2 aromatic heterocycles. The van der Waals surface area contributed by atoms with E-state index in [1.165, 1.54) is 12.8 Å². The largest absolute Gasteiger partial charge is 0.367 e. The smallest absolute Gasteiger partial charge is 0.252 e. The number of rotatable bonds is 9. The van der Waals surface area contributed by atoms with E-state index in [1.54, 1.807) is 11.9 Å². The minimum Gasteiger partial charge on any atom is -0.367 e. The number of nitrogens with zero attached hydrogens (tertiary/aromatic N) is 3. The predicted octanol–water partition coefficient (Wildman–Crippen LogP) is 4.46. The first-order valence-electron chi connectivity index (χ1n) is 11.0. The van der Waals surface area contributed by atoms with Crippen LogP contribution < -0.4 is 15.5 Å². The lowest BCUT2D eigenvalue weighted by atomic mass is 10.2. The zero-order valence-electron chi connectivity index (χ0n) is 18.4. The average molecular weight is 443 g/mol. The molecule has 2 heterocycles. The average Bonchev–Trinajstić information content (AvgIpc) is 3.52.